The van der Waals surface area contributed by atoms with Crippen molar-refractivity contribution in [3.05, 3.63) is 35.3 Å². The quantitative estimate of drug-likeness (QED) is 0.593. The molecule has 5 heteroatoms. The highest BCUT2D eigenvalue weighted by molar-refractivity contribution is 5.94. The number of hydrogen-bond acceptors (Lipinski definition) is 3. The van der Waals surface area contributed by atoms with Crippen LogP contribution in [0.25, 0.3) is 0 Å². The lowest BCUT2D eigenvalue weighted by molar-refractivity contribution is -0.605. The SMILES string of the molecule is O=C(c1cc[n+]([O-])cc1)N1CC[C@H]2NCCC[C@H]2C1. The van der Waals surface area contributed by atoms with Crippen LogP contribution in [-0.2, 0) is 0 Å². The Kier molecular flexibility index (Phi) is 3.38. The van der Waals surface area contributed by atoms with Crippen molar-refractivity contribution in [3.63, 3.8) is 0 Å². The van der Waals surface area contributed by atoms with Gasteiger partial charge in [0.05, 0.1) is 5.56 Å². The van der Waals surface area contributed by atoms with Crippen molar-refractivity contribution in [2.24, 2.45) is 5.92 Å². The summed E-state index contributed by atoms with van der Waals surface area (Å²) < 4.78 is 0.702. The van der Waals surface area contributed by atoms with Crippen LogP contribution >= 0.6 is 0 Å². The fourth-order valence-electron chi connectivity index (χ4n) is 3.17. The lowest BCUT2D eigenvalue weighted by atomic mass is 9.85. The third-order valence-corrected chi connectivity index (χ3v) is 4.23. The molecule has 2 aliphatic rings. The Morgan fingerprint density at radius 3 is 2.95 bits per heavy atom. The van der Waals surface area contributed by atoms with Crippen molar-refractivity contribution in [3.8, 4) is 0 Å². The fraction of sp³-hybridized carbons (Fsp3) is 0.571. The van der Waals surface area contributed by atoms with E-state index in [1.807, 2.05) is 4.90 Å². The number of rotatable bonds is 1. The Labute approximate surface area is 112 Å². The molecule has 1 aromatic heterocycles. The molecule has 1 aromatic rings. The Hall–Kier alpha value is -1.62. The van der Waals surface area contributed by atoms with E-state index in [0.29, 0.717) is 22.3 Å². The van der Waals surface area contributed by atoms with Crippen LogP contribution in [0.2, 0.25) is 0 Å². The van der Waals surface area contributed by atoms with Crippen molar-refractivity contribution >= 4 is 5.91 Å². The maximum atomic E-state index is 12.4. The smallest absolute Gasteiger partial charge is 0.254 e. The van der Waals surface area contributed by atoms with E-state index in [1.54, 1.807) is 12.1 Å². The van der Waals surface area contributed by atoms with Gasteiger partial charge in [-0.15, -0.1) is 0 Å². The van der Waals surface area contributed by atoms with Gasteiger partial charge in [0.25, 0.3) is 5.91 Å². The summed E-state index contributed by atoms with van der Waals surface area (Å²) in [4.78, 5) is 14.3. The molecule has 3 heterocycles. The summed E-state index contributed by atoms with van der Waals surface area (Å²) in [5.74, 6) is 0.629. The lowest BCUT2D eigenvalue weighted by Crippen LogP contribution is -2.53. The molecular formula is C14H19N3O2. The zero-order chi connectivity index (χ0) is 13.2. The molecule has 0 spiro atoms. The number of piperidine rings is 2. The molecule has 0 bridgehead atoms. The van der Waals surface area contributed by atoms with E-state index in [-0.39, 0.29) is 5.91 Å². The van der Waals surface area contributed by atoms with Gasteiger partial charge >= 0.3 is 0 Å². The molecule has 0 saturated carbocycles. The molecule has 2 saturated heterocycles. The Balaban J connectivity index is 1.69. The van der Waals surface area contributed by atoms with Gasteiger partial charge in [0.2, 0.25) is 0 Å². The van der Waals surface area contributed by atoms with E-state index in [4.69, 9.17) is 0 Å². The maximum Gasteiger partial charge on any atom is 0.254 e. The normalized spacial score (nSPS) is 26.8. The van der Waals surface area contributed by atoms with Crippen LogP contribution in [0.5, 0.6) is 0 Å². The number of carbonyl (C=O) groups is 1. The summed E-state index contributed by atoms with van der Waals surface area (Å²) in [5, 5.41) is 14.5. The standard InChI is InChI=1S/C14H19N3O2/c18-14(11-3-8-17(19)9-4-11)16-7-5-13-12(10-16)2-1-6-15-13/h3-4,8-9,12-13,15H,1-2,5-7,10H2/t12-,13+/m0/s1. The van der Waals surface area contributed by atoms with E-state index in [1.165, 1.54) is 25.2 Å². The Bertz CT molecular complexity index is 460. The van der Waals surface area contributed by atoms with E-state index >= 15 is 0 Å². The molecule has 2 aliphatic heterocycles. The number of amides is 1. The molecule has 0 unspecified atom stereocenters. The summed E-state index contributed by atoms with van der Waals surface area (Å²) in [6.45, 7) is 2.75. The van der Waals surface area contributed by atoms with Crippen LogP contribution in [0, 0.1) is 11.1 Å². The van der Waals surface area contributed by atoms with Crippen LogP contribution in [-0.4, -0.2) is 36.5 Å². The van der Waals surface area contributed by atoms with Crippen LogP contribution in [0.15, 0.2) is 24.5 Å². The summed E-state index contributed by atoms with van der Waals surface area (Å²) in [7, 11) is 0. The lowest BCUT2D eigenvalue weighted by Gasteiger charge is -2.41. The number of hydrogen-bond donors (Lipinski definition) is 1. The predicted octanol–water partition coefficient (Wildman–Crippen LogP) is 0.534. The molecule has 1 amide bonds. The predicted molar refractivity (Wildman–Crippen MR) is 70.4 cm³/mol. The van der Waals surface area contributed by atoms with Gasteiger partial charge < -0.3 is 15.4 Å². The monoisotopic (exact) mass is 261 g/mol. The number of likely N-dealkylation sites (tertiary alicyclic amines) is 1. The van der Waals surface area contributed by atoms with Gasteiger partial charge in [-0.1, -0.05) is 0 Å². The van der Waals surface area contributed by atoms with Crippen LogP contribution < -0.4 is 10.0 Å². The van der Waals surface area contributed by atoms with Crippen LogP contribution in [0.4, 0.5) is 0 Å². The summed E-state index contributed by atoms with van der Waals surface area (Å²) in [6.07, 6.45) is 6.19. The average molecular weight is 261 g/mol. The number of carbonyl (C=O) groups excluding carboxylic acids is 1. The van der Waals surface area contributed by atoms with Gasteiger partial charge in [0, 0.05) is 31.3 Å². The molecule has 2 fully saturated rings. The molecule has 102 valence electrons. The van der Waals surface area contributed by atoms with Crippen LogP contribution in [0.1, 0.15) is 29.6 Å². The van der Waals surface area contributed by atoms with Crippen LogP contribution in [0.3, 0.4) is 0 Å². The van der Waals surface area contributed by atoms with Crippen molar-refractivity contribution in [2.75, 3.05) is 19.6 Å². The first-order valence-electron chi connectivity index (χ1n) is 6.95. The molecule has 1 N–H and O–H groups in total. The molecule has 0 aliphatic carbocycles. The first-order chi connectivity index (χ1) is 9.24. The maximum absolute atomic E-state index is 12.4. The minimum atomic E-state index is 0.0459. The summed E-state index contributed by atoms with van der Waals surface area (Å²) in [6, 6.07) is 3.78. The van der Waals surface area contributed by atoms with E-state index in [2.05, 4.69) is 5.32 Å². The van der Waals surface area contributed by atoms with Gasteiger partial charge in [-0.05, 0) is 31.7 Å². The van der Waals surface area contributed by atoms with Gasteiger partial charge in [-0.2, -0.15) is 4.73 Å². The fourth-order valence-corrected chi connectivity index (χ4v) is 3.17. The number of aromatic nitrogens is 1. The van der Waals surface area contributed by atoms with E-state index in [9.17, 15) is 10.0 Å². The van der Waals surface area contributed by atoms with E-state index in [0.717, 1.165) is 26.1 Å². The van der Waals surface area contributed by atoms with Gasteiger partial charge in [-0.3, -0.25) is 4.79 Å². The third kappa shape index (κ3) is 2.56. The molecule has 19 heavy (non-hydrogen) atoms. The van der Waals surface area contributed by atoms with Crippen molar-refractivity contribution in [2.45, 2.75) is 25.3 Å². The number of nitrogens with zero attached hydrogens (tertiary/aromatic N) is 2. The first-order valence-corrected chi connectivity index (χ1v) is 6.95. The molecular weight excluding hydrogens is 242 g/mol. The van der Waals surface area contributed by atoms with Crippen molar-refractivity contribution in [1.29, 1.82) is 0 Å². The molecule has 0 aromatic carbocycles. The largest absolute Gasteiger partial charge is 0.619 e. The molecule has 0 radical (unpaired) electrons. The van der Waals surface area contributed by atoms with Gasteiger partial charge in [-0.25, -0.2) is 0 Å². The minimum Gasteiger partial charge on any atom is -0.619 e. The highest BCUT2D eigenvalue weighted by Crippen LogP contribution is 2.25. The number of pyridine rings is 1. The second kappa shape index (κ2) is 5.17. The zero-order valence-corrected chi connectivity index (χ0v) is 10.9. The Morgan fingerprint density at radius 1 is 1.37 bits per heavy atom. The van der Waals surface area contributed by atoms with Crippen molar-refractivity contribution < 1.29 is 9.52 Å². The number of fused-ring (bicyclic) bond motifs is 1. The summed E-state index contributed by atoms with van der Waals surface area (Å²) in [5.41, 5.74) is 0.606. The molecule has 3 rings (SSSR count). The second-order valence-electron chi connectivity index (χ2n) is 5.45. The Morgan fingerprint density at radius 2 is 2.16 bits per heavy atom. The first kappa shape index (κ1) is 12.4. The molecule has 5 nitrogen and oxygen atoms in total. The minimum absolute atomic E-state index is 0.0459. The topological polar surface area (TPSA) is 59.3 Å². The summed E-state index contributed by atoms with van der Waals surface area (Å²) >= 11 is 0. The van der Waals surface area contributed by atoms with Gasteiger partial charge in [0.1, 0.15) is 0 Å². The zero-order valence-electron chi connectivity index (χ0n) is 10.9. The second-order valence-corrected chi connectivity index (χ2v) is 5.45. The highest BCUT2D eigenvalue weighted by atomic mass is 16.5. The number of nitrogens with one attached hydrogen (secondary N) is 1. The molecule has 2 atom stereocenters. The highest BCUT2D eigenvalue weighted by Gasteiger charge is 2.33. The third-order valence-electron chi connectivity index (χ3n) is 4.23. The van der Waals surface area contributed by atoms with Crippen molar-refractivity contribution in [1.82, 2.24) is 10.2 Å². The van der Waals surface area contributed by atoms with E-state index < -0.39 is 0 Å². The average Bonchev–Trinajstić information content (AvgIpc) is 2.47. The van der Waals surface area contributed by atoms with Gasteiger partial charge in [0.15, 0.2) is 12.4 Å².